The molecule has 5 nitrogen and oxygen atoms in total. The van der Waals surface area contributed by atoms with Crippen molar-refractivity contribution in [3.05, 3.63) is 0 Å². The molecular weight excluding hydrogens is 266 g/mol. The zero-order valence-corrected chi connectivity index (χ0v) is 12.5. The third kappa shape index (κ3) is 4.05. The summed E-state index contributed by atoms with van der Waals surface area (Å²) >= 11 is 0. The molecule has 0 aromatic carbocycles. The van der Waals surface area contributed by atoms with E-state index in [1.807, 2.05) is 4.90 Å². The Morgan fingerprint density at radius 3 is 2.53 bits per heavy atom. The van der Waals surface area contributed by atoms with Crippen LogP contribution in [0.25, 0.3) is 0 Å². The minimum Gasteiger partial charge on any atom is -0.395 e. The number of hydrogen-bond acceptors (Lipinski definition) is 4. The third-order valence-corrected chi connectivity index (χ3v) is 4.18. The van der Waals surface area contributed by atoms with Crippen molar-refractivity contribution in [3.63, 3.8) is 0 Å². The lowest BCUT2D eigenvalue weighted by molar-refractivity contribution is -0.135. The number of rotatable bonds is 4. The lowest BCUT2D eigenvalue weighted by Crippen LogP contribution is -2.55. The number of carbonyl (C=O) groups excluding carboxylic acids is 1. The quantitative estimate of drug-likeness (QED) is 0.770. The molecule has 0 aliphatic carbocycles. The maximum Gasteiger partial charge on any atom is 0.239 e. The number of piperazine rings is 1. The van der Waals surface area contributed by atoms with Crippen LogP contribution in [-0.2, 0) is 4.79 Å². The second-order valence-corrected chi connectivity index (χ2v) is 5.25. The number of nitrogens with one attached hydrogen (secondary N) is 1. The lowest BCUT2D eigenvalue weighted by atomic mass is 10.1. The fourth-order valence-corrected chi connectivity index (χ4v) is 2.93. The molecule has 2 heterocycles. The van der Waals surface area contributed by atoms with E-state index in [0.717, 1.165) is 52.0 Å². The fraction of sp³-hybridized carbons (Fsp3) is 0.923. The minimum atomic E-state index is 0. The zero-order valence-electron chi connectivity index (χ0n) is 11.7. The summed E-state index contributed by atoms with van der Waals surface area (Å²) in [4.78, 5) is 16.5. The molecule has 0 aromatic heterocycles. The molecular formula is C13H26ClN3O2. The van der Waals surface area contributed by atoms with Crippen molar-refractivity contribution >= 4 is 18.3 Å². The predicted octanol–water partition coefficient (Wildman–Crippen LogP) is 0.0753. The highest BCUT2D eigenvalue weighted by Crippen LogP contribution is 2.13. The molecule has 2 rings (SSSR count). The summed E-state index contributed by atoms with van der Waals surface area (Å²) < 4.78 is 0. The molecule has 2 atom stereocenters. The molecule has 0 aromatic rings. The Balaban J connectivity index is 0.00000180. The topological polar surface area (TPSA) is 55.8 Å². The molecule has 2 N–H and O–H groups in total. The van der Waals surface area contributed by atoms with E-state index in [1.165, 1.54) is 0 Å². The smallest absolute Gasteiger partial charge is 0.239 e. The summed E-state index contributed by atoms with van der Waals surface area (Å²) in [6.45, 7) is 6.66. The van der Waals surface area contributed by atoms with Gasteiger partial charge in [0.1, 0.15) is 0 Å². The summed E-state index contributed by atoms with van der Waals surface area (Å²) in [6.07, 6.45) is 3.06. The van der Waals surface area contributed by atoms with Gasteiger partial charge in [0.25, 0.3) is 0 Å². The average Bonchev–Trinajstić information content (AvgIpc) is 2.94. The number of nitrogens with zero attached hydrogens (tertiary/aromatic N) is 2. The Kier molecular flexibility index (Phi) is 7.07. The summed E-state index contributed by atoms with van der Waals surface area (Å²) in [5.41, 5.74) is 0. The van der Waals surface area contributed by atoms with Gasteiger partial charge in [-0.25, -0.2) is 0 Å². The van der Waals surface area contributed by atoms with Crippen LogP contribution < -0.4 is 5.32 Å². The SMILES string of the molecule is CCC(CO)N1CCN(C(=O)C2CCCN2)CC1.Cl. The molecule has 2 saturated heterocycles. The molecule has 2 fully saturated rings. The summed E-state index contributed by atoms with van der Waals surface area (Å²) in [6, 6.07) is 0.309. The van der Waals surface area contributed by atoms with Crippen LogP contribution in [0.5, 0.6) is 0 Å². The van der Waals surface area contributed by atoms with E-state index >= 15 is 0 Å². The van der Waals surface area contributed by atoms with Gasteiger partial charge in [0.05, 0.1) is 12.6 Å². The van der Waals surface area contributed by atoms with E-state index in [4.69, 9.17) is 0 Å². The molecule has 0 saturated carbocycles. The van der Waals surface area contributed by atoms with Gasteiger partial charge >= 0.3 is 0 Å². The van der Waals surface area contributed by atoms with E-state index in [-0.39, 0.29) is 37.0 Å². The first-order valence-corrected chi connectivity index (χ1v) is 7.13. The second kappa shape index (κ2) is 8.04. The molecule has 6 heteroatoms. The summed E-state index contributed by atoms with van der Waals surface area (Å²) in [7, 11) is 0. The maximum atomic E-state index is 12.2. The van der Waals surface area contributed by atoms with Crippen LogP contribution in [0.3, 0.4) is 0 Å². The van der Waals surface area contributed by atoms with Crippen molar-refractivity contribution in [3.8, 4) is 0 Å². The largest absolute Gasteiger partial charge is 0.395 e. The van der Waals surface area contributed by atoms with Gasteiger partial charge in [0.15, 0.2) is 0 Å². The average molecular weight is 292 g/mol. The predicted molar refractivity (Wildman–Crippen MR) is 77.6 cm³/mol. The van der Waals surface area contributed by atoms with Gasteiger partial charge in [-0.1, -0.05) is 6.92 Å². The number of aliphatic hydroxyl groups excluding tert-OH is 1. The first-order valence-electron chi connectivity index (χ1n) is 7.13. The summed E-state index contributed by atoms with van der Waals surface area (Å²) in [5, 5.41) is 12.6. The van der Waals surface area contributed by atoms with Gasteiger partial charge in [0.2, 0.25) is 5.91 Å². The number of halogens is 1. The monoisotopic (exact) mass is 291 g/mol. The molecule has 19 heavy (non-hydrogen) atoms. The van der Waals surface area contributed by atoms with Crippen molar-refractivity contribution in [2.75, 3.05) is 39.3 Å². The molecule has 2 aliphatic rings. The van der Waals surface area contributed by atoms with E-state index < -0.39 is 0 Å². The molecule has 1 amide bonds. The normalized spacial score (nSPS) is 26.0. The van der Waals surface area contributed by atoms with E-state index in [2.05, 4.69) is 17.1 Å². The van der Waals surface area contributed by atoms with Crippen molar-refractivity contribution in [1.29, 1.82) is 0 Å². The van der Waals surface area contributed by atoms with E-state index in [0.29, 0.717) is 0 Å². The molecule has 2 unspecified atom stereocenters. The fourth-order valence-electron chi connectivity index (χ4n) is 2.93. The van der Waals surface area contributed by atoms with Crippen LogP contribution in [0, 0.1) is 0 Å². The highest BCUT2D eigenvalue weighted by molar-refractivity contribution is 5.85. The second-order valence-electron chi connectivity index (χ2n) is 5.25. The first-order chi connectivity index (χ1) is 8.76. The summed E-state index contributed by atoms with van der Waals surface area (Å²) in [5.74, 6) is 0.268. The Morgan fingerprint density at radius 2 is 2.05 bits per heavy atom. The molecule has 0 radical (unpaired) electrons. The van der Waals surface area contributed by atoms with Gasteiger partial charge in [-0.3, -0.25) is 9.69 Å². The maximum absolute atomic E-state index is 12.2. The molecule has 0 bridgehead atoms. The lowest BCUT2D eigenvalue weighted by Gasteiger charge is -2.39. The van der Waals surface area contributed by atoms with E-state index in [1.54, 1.807) is 0 Å². The molecule has 0 spiro atoms. The number of carbonyl (C=O) groups is 1. The number of aliphatic hydroxyl groups is 1. The van der Waals surface area contributed by atoms with Crippen molar-refractivity contribution in [1.82, 2.24) is 15.1 Å². The van der Waals surface area contributed by atoms with Gasteiger partial charge < -0.3 is 15.3 Å². The van der Waals surface area contributed by atoms with E-state index in [9.17, 15) is 9.90 Å². The van der Waals surface area contributed by atoms with Crippen molar-refractivity contribution < 1.29 is 9.90 Å². The Bertz CT molecular complexity index is 273. The highest BCUT2D eigenvalue weighted by Gasteiger charge is 2.30. The van der Waals surface area contributed by atoms with Gasteiger partial charge in [-0.15, -0.1) is 12.4 Å². The Hall–Kier alpha value is -0.360. The molecule has 112 valence electrons. The third-order valence-electron chi connectivity index (χ3n) is 4.18. The van der Waals surface area contributed by atoms with Gasteiger partial charge in [-0.05, 0) is 25.8 Å². The van der Waals surface area contributed by atoms with Gasteiger partial charge in [-0.2, -0.15) is 0 Å². The van der Waals surface area contributed by atoms with Crippen LogP contribution in [0.4, 0.5) is 0 Å². The van der Waals surface area contributed by atoms with Gasteiger partial charge in [0, 0.05) is 32.2 Å². The standard InChI is InChI=1S/C13H25N3O2.ClH/c1-2-11(10-17)15-6-8-16(9-7-15)13(18)12-4-3-5-14-12;/h11-12,14,17H,2-10H2,1H3;1H. The Labute approximate surface area is 121 Å². The zero-order chi connectivity index (χ0) is 13.0. The Morgan fingerprint density at radius 1 is 1.37 bits per heavy atom. The number of amides is 1. The van der Waals surface area contributed by atoms with Crippen molar-refractivity contribution in [2.45, 2.75) is 38.3 Å². The van der Waals surface area contributed by atoms with Crippen LogP contribution >= 0.6 is 12.4 Å². The highest BCUT2D eigenvalue weighted by atomic mass is 35.5. The van der Waals surface area contributed by atoms with Crippen LogP contribution in [-0.4, -0.2) is 72.2 Å². The minimum absolute atomic E-state index is 0. The van der Waals surface area contributed by atoms with Crippen LogP contribution in [0.2, 0.25) is 0 Å². The van der Waals surface area contributed by atoms with Crippen molar-refractivity contribution in [2.24, 2.45) is 0 Å². The first kappa shape index (κ1) is 16.7. The van der Waals surface area contributed by atoms with Crippen LogP contribution in [0.15, 0.2) is 0 Å². The number of hydrogen-bond donors (Lipinski definition) is 2. The van der Waals surface area contributed by atoms with Crippen LogP contribution in [0.1, 0.15) is 26.2 Å². The molecule has 2 aliphatic heterocycles.